The Morgan fingerprint density at radius 1 is 0.421 bits per heavy atom. The molecule has 14 nitrogen and oxygen atoms in total. The van der Waals surface area contributed by atoms with E-state index < -0.39 is 80.7 Å². The molecule has 0 aliphatic carbocycles. The van der Waals surface area contributed by atoms with Gasteiger partial charge in [0.15, 0.2) is 12.6 Å². The molecule has 11 atom stereocenters. The number of ether oxygens (including phenoxy) is 6. The zero-order chi connectivity index (χ0) is 55.1. The van der Waals surface area contributed by atoms with Crippen LogP contribution in [-0.2, 0) is 33.2 Å². The first kappa shape index (κ1) is 70.6. The predicted molar refractivity (Wildman–Crippen MR) is 303 cm³/mol. The van der Waals surface area contributed by atoms with Crippen LogP contribution < -0.4 is 0 Å². The summed E-state index contributed by atoms with van der Waals surface area (Å²) in [5.41, 5.74) is 0. The van der Waals surface area contributed by atoms with Gasteiger partial charge in [-0.15, -0.1) is 0 Å². The van der Waals surface area contributed by atoms with E-state index in [-0.39, 0.29) is 25.6 Å². The molecule has 0 amide bonds. The van der Waals surface area contributed by atoms with Crippen LogP contribution in [0.2, 0.25) is 0 Å². The topological polar surface area (TPSA) is 214 Å². The maximum absolute atomic E-state index is 13.1. The smallest absolute Gasteiger partial charge is 0.306 e. The highest BCUT2D eigenvalue weighted by atomic mass is 16.7. The Hall–Kier alpha value is -1.53. The van der Waals surface area contributed by atoms with Crippen molar-refractivity contribution < 1.29 is 69.0 Å². The fraction of sp³-hybridized carbons (Fsp3) is 0.919. The van der Waals surface area contributed by atoms with Gasteiger partial charge in [0, 0.05) is 13.0 Å². The second-order valence-electron chi connectivity index (χ2n) is 22.2. The summed E-state index contributed by atoms with van der Waals surface area (Å²) in [5.74, 6) is -0.376. The van der Waals surface area contributed by atoms with Gasteiger partial charge in [0.05, 0.1) is 26.4 Å². The zero-order valence-corrected chi connectivity index (χ0v) is 48.3. The third-order valence-corrected chi connectivity index (χ3v) is 15.2. The van der Waals surface area contributed by atoms with Gasteiger partial charge in [0.25, 0.3) is 0 Å². The Morgan fingerprint density at radius 2 is 0.776 bits per heavy atom. The minimum atomic E-state index is -1.71. The number of esters is 1. The molecule has 2 fully saturated rings. The Labute approximate surface area is 462 Å². The lowest BCUT2D eigenvalue weighted by atomic mass is 9.98. The zero-order valence-electron chi connectivity index (χ0n) is 48.3. The molecule has 0 aromatic heterocycles. The first-order valence-corrected chi connectivity index (χ1v) is 31.4. The lowest BCUT2D eigenvalue weighted by Gasteiger charge is -2.42. The summed E-state index contributed by atoms with van der Waals surface area (Å²) in [5, 5.41) is 72.4. The molecule has 7 N–H and O–H groups in total. The van der Waals surface area contributed by atoms with Crippen LogP contribution in [0.1, 0.15) is 264 Å². The second-order valence-corrected chi connectivity index (χ2v) is 22.2. The number of hydrogen-bond acceptors (Lipinski definition) is 14. The number of carbonyl (C=O) groups is 1. The van der Waals surface area contributed by atoms with Crippen molar-refractivity contribution in [2.45, 2.75) is 332 Å². The standard InChI is InChI=1S/C62H116O14/c1-3-5-7-9-11-13-15-17-19-21-23-24-25-26-27-28-30-32-34-36-38-40-42-44-46-71-48-51(74-54(64)45-43-41-39-37-35-33-31-29-22-20-18-16-14-12-10-8-6-4-2)49-72-61-60(70)58(68)56(66)53(76-61)50-73-62-59(69)57(67)55(65)52(47-63)75-62/h20-23,51-53,55-63,65-70H,3-19,24-50H2,1-2H3/b22-20-,23-21-. The molecule has 0 saturated carbocycles. The third-order valence-electron chi connectivity index (χ3n) is 15.2. The van der Waals surface area contributed by atoms with Gasteiger partial charge in [-0.1, -0.05) is 218 Å². The molecule has 0 radical (unpaired) electrons. The van der Waals surface area contributed by atoms with Crippen LogP contribution in [0.5, 0.6) is 0 Å². The number of hydrogen-bond donors (Lipinski definition) is 7. The van der Waals surface area contributed by atoms with Crippen LogP contribution >= 0.6 is 0 Å². The van der Waals surface area contributed by atoms with Crippen molar-refractivity contribution in [2.24, 2.45) is 0 Å². The van der Waals surface area contributed by atoms with Crippen molar-refractivity contribution in [3.63, 3.8) is 0 Å². The second kappa shape index (κ2) is 49.3. The number of aliphatic hydroxyl groups excluding tert-OH is 7. The minimum absolute atomic E-state index is 0.0632. The van der Waals surface area contributed by atoms with E-state index in [0.29, 0.717) is 13.0 Å². The molecule has 2 aliphatic rings. The summed E-state index contributed by atoms with van der Waals surface area (Å²) in [7, 11) is 0. The molecule has 76 heavy (non-hydrogen) atoms. The SMILES string of the molecule is CCCCCCCCC/C=C\CCCCCCCCCC(=O)OC(COCCCCCCCCCCCCCC/C=C\CCCCCCCCCC)COC1OC(COC2OC(CO)C(O)C(O)C2O)C(O)C(O)C1O. The number of aliphatic hydroxyl groups is 7. The average Bonchev–Trinajstić information content (AvgIpc) is 3.42. The summed E-state index contributed by atoms with van der Waals surface area (Å²) < 4.78 is 34.5. The maximum Gasteiger partial charge on any atom is 0.306 e. The van der Waals surface area contributed by atoms with E-state index in [2.05, 4.69) is 38.2 Å². The van der Waals surface area contributed by atoms with Crippen molar-refractivity contribution in [3.05, 3.63) is 24.3 Å². The molecule has 2 heterocycles. The Morgan fingerprint density at radius 3 is 1.20 bits per heavy atom. The lowest BCUT2D eigenvalue weighted by molar-refractivity contribution is -0.332. The fourth-order valence-corrected chi connectivity index (χ4v) is 10.1. The average molecular weight is 1090 g/mol. The van der Waals surface area contributed by atoms with E-state index in [1.54, 1.807) is 0 Å². The number of unbranched alkanes of at least 4 members (excludes halogenated alkanes) is 34. The number of carbonyl (C=O) groups excluding carboxylic acids is 1. The molecule has 2 rings (SSSR count). The van der Waals surface area contributed by atoms with Crippen LogP contribution in [0.15, 0.2) is 24.3 Å². The third kappa shape index (κ3) is 35.3. The number of rotatable bonds is 52. The first-order chi connectivity index (χ1) is 37.1. The lowest BCUT2D eigenvalue weighted by Crippen LogP contribution is -2.61. The molecule has 11 unspecified atom stereocenters. The summed E-state index contributed by atoms with van der Waals surface area (Å²) in [6.07, 6.45) is 41.0. The Kier molecular flexibility index (Phi) is 45.8. The molecule has 448 valence electrons. The monoisotopic (exact) mass is 1080 g/mol. The molecule has 14 heteroatoms. The van der Waals surface area contributed by atoms with Crippen LogP contribution in [0.4, 0.5) is 0 Å². The molecule has 0 spiro atoms. The van der Waals surface area contributed by atoms with E-state index in [1.807, 2.05) is 0 Å². The van der Waals surface area contributed by atoms with Gasteiger partial charge in [-0.2, -0.15) is 0 Å². The van der Waals surface area contributed by atoms with Gasteiger partial charge in [0.2, 0.25) is 0 Å². The Bertz CT molecular complexity index is 1350. The van der Waals surface area contributed by atoms with E-state index >= 15 is 0 Å². The molecule has 2 aliphatic heterocycles. The van der Waals surface area contributed by atoms with E-state index in [1.165, 1.54) is 193 Å². The molecule has 0 bridgehead atoms. The summed E-state index contributed by atoms with van der Waals surface area (Å²) in [4.78, 5) is 13.1. The quantitative estimate of drug-likeness (QED) is 0.0172. The largest absolute Gasteiger partial charge is 0.457 e. The van der Waals surface area contributed by atoms with Crippen molar-refractivity contribution in [1.82, 2.24) is 0 Å². The van der Waals surface area contributed by atoms with Crippen LogP contribution in [-0.4, -0.2) is 142 Å². The van der Waals surface area contributed by atoms with Crippen molar-refractivity contribution in [3.8, 4) is 0 Å². The molecular weight excluding hydrogens is 969 g/mol. The van der Waals surface area contributed by atoms with Crippen LogP contribution in [0.25, 0.3) is 0 Å². The van der Waals surface area contributed by atoms with E-state index in [9.17, 15) is 40.5 Å². The predicted octanol–water partition coefficient (Wildman–Crippen LogP) is 11.9. The fourth-order valence-electron chi connectivity index (χ4n) is 10.1. The summed E-state index contributed by atoms with van der Waals surface area (Å²) in [6, 6.07) is 0. The van der Waals surface area contributed by atoms with Gasteiger partial charge in [-0.05, 0) is 64.2 Å². The van der Waals surface area contributed by atoms with Gasteiger partial charge >= 0.3 is 5.97 Å². The molecule has 0 aromatic rings. The molecule has 0 aromatic carbocycles. The summed E-state index contributed by atoms with van der Waals surface area (Å²) in [6.45, 7) is 3.73. The van der Waals surface area contributed by atoms with E-state index in [4.69, 9.17) is 28.4 Å². The van der Waals surface area contributed by atoms with Crippen molar-refractivity contribution >= 4 is 5.97 Å². The summed E-state index contributed by atoms with van der Waals surface area (Å²) >= 11 is 0. The van der Waals surface area contributed by atoms with Gasteiger partial charge in [-0.3, -0.25) is 4.79 Å². The molecule has 2 saturated heterocycles. The maximum atomic E-state index is 13.1. The number of allylic oxidation sites excluding steroid dienone is 4. The highest BCUT2D eigenvalue weighted by molar-refractivity contribution is 5.69. The van der Waals surface area contributed by atoms with Crippen LogP contribution in [0, 0.1) is 0 Å². The molecular formula is C62H116O14. The Balaban J connectivity index is 1.67. The van der Waals surface area contributed by atoms with Gasteiger partial charge < -0.3 is 64.2 Å². The van der Waals surface area contributed by atoms with Crippen molar-refractivity contribution in [1.29, 1.82) is 0 Å². The minimum Gasteiger partial charge on any atom is -0.457 e. The normalized spacial score (nSPS) is 24.5. The van der Waals surface area contributed by atoms with Gasteiger partial charge in [-0.25, -0.2) is 0 Å². The van der Waals surface area contributed by atoms with E-state index in [0.717, 1.165) is 44.9 Å². The highest BCUT2D eigenvalue weighted by Crippen LogP contribution is 2.27. The highest BCUT2D eigenvalue weighted by Gasteiger charge is 2.47. The van der Waals surface area contributed by atoms with Crippen molar-refractivity contribution in [2.75, 3.05) is 33.0 Å². The first-order valence-electron chi connectivity index (χ1n) is 31.4. The van der Waals surface area contributed by atoms with Gasteiger partial charge in [0.1, 0.15) is 54.9 Å². The van der Waals surface area contributed by atoms with Crippen LogP contribution in [0.3, 0.4) is 0 Å².